The quantitative estimate of drug-likeness (QED) is 0.0440. The number of unbranched alkanes of at least 4 members (excludes halogenated alkanes) is 45. The maximum Gasteiger partial charge on any atom is 0.267 e. The summed E-state index contributed by atoms with van der Waals surface area (Å²) in [5.41, 5.74) is 0. The van der Waals surface area contributed by atoms with Crippen molar-refractivity contribution in [2.45, 2.75) is 395 Å². The van der Waals surface area contributed by atoms with Gasteiger partial charge in [0, 0.05) is 39.5 Å². The Bertz CT molecular complexity index is 2000. The van der Waals surface area contributed by atoms with Crippen molar-refractivity contribution in [1.82, 2.24) is 29.8 Å². The summed E-state index contributed by atoms with van der Waals surface area (Å²) < 4.78 is 83.9. The third-order valence-electron chi connectivity index (χ3n) is 21.5. The number of likely N-dealkylation sites (N-methyl/N-ethyl adjacent to an activating group) is 5. The Morgan fingerprint density at radius 3 is 0.838 bits per heavy atom. The van der Waals surface area contributed by atoms with Gasteiger partial charge < -0.3 is 80.9 Å². The minimum absolute atomic E-state index is 0. The van der Waals surface area contributed by atoms with Crippen LogP contribution in [0, 0.1) is 0 Å². The van der Waals surface area contributed by atoms with Gasteiger partial charge in [-0.25, -0.2) is 0 Å². The van der Waals surface area contributed by atoms with Crippen molar-refractivity contribution in [1.29, 1.82) is 0 Å². The number of rotatable bonds is 84. The van der Waals surface area contributed by atoms with E-state index in [1.165, 1.54) is 295 Å². The van der Waals surface area contributed by atoms with Crippen LogP contribution in [0.3, 0.4) is 0 Å². The van der Waals surface area contributed by atoms with Crippen LogP contribution >= 0.6 is 23.5 Å². The summed E-state index contributed by atoms with van der Waals surface area (Å²) >= 11 is 0. The van der Waals surface area contributed by atoms with E-state index in [0.29, 0.717) is 52.7 Å². The third-order valence-corrected chi connectivity index (χ3v) is 24.4. The zero-order valence-electron chi connectivity index (χ0n) is 74.1. The molecule has 0 aromatic rings. The summed E-state index contributed by atoms with van der Waals surface area (Å²) in [7, 11) is -1.53. The molecule has 0 aliphatic carbocycles. The number of hydrogen-bond donors (Lipinski definition) is 1. The normalized spacial score (nSPS) is 15.3. The number of nitrogens with one attached hydrogen (secondary N) is 1. The van der Waals surface area contributed by atoms with Crippen molar-refractivity contribution < 1.29 is 69.7 Å². The topological polar surface area (TPSA) is 232 Å². The molecule has 1 aliphatic heterocycles. The summed E-state index contributed by atoms with van der Waals surface area (Å²) in [5, 5.41) is 3.04. The van der Waals surface area contributed by atoms with Crippen molar-refractivity contribution in [3.8, 4) is 0 Å². The number of hydrogen-bond acceptors (Lipinski definition) is 21. The van der Waals surface area contributed by atoms with Gasteiger partial charge >= 0.3 is 0 Å². The summed E-state index contributed by atoms with van der Waals surface area (Å²) in [6, 6.07) is -0.356. The molecule has 0 saturated carbocycles. The number of piperidine rings is 1. The molecule has 0 radical (unpaired) electrons. The van der Waals surface area contributed by atoms with Gasteiger partial charge in [-0.05, 0) is 107 Å². The van der Waals surface area contributed by atoms with Crippen LogP contribution in [0.4, 0.5) is 0 Å². The van der Waals surface area contributed by atoms with Crippen molar-refractivity contribution in [3.05, 3.63) is 0 Å². The van der Waals surface area contributed by atoms with Crippen molar-refractivity contribution in [2.75, 3.05) is 174 Å². The van der Waals surface area contributed by atoms with E-state index in [-0.39, 0.29) is 65.2 Å². The van der Waals surface area contributed by atoms with Crippen molar-refractivity contribution in [3.63, 3.8) is 0 Å². The highest BCUT2D eigenvalue weighted by Gasteiger charge is 2.24. The lowest BCUT2D eigenvalue weighted by molar-refractivity contribution is -0.228. The van der Waals surface area contributed by atoms with Gasteiger partial charge in [0.15, 0.2) is 0 Å². The monoisotopic (exact) mass is 1650 g/mol. The fraction of sp³-hybridized carbons (Fsp3) is 1.00. The maximum absolute atomic E-state index is 12.2. The van der Waals surface area contributed by atoms with Gasteiger partial charge in [0.2, 0.25) is 0 Å². The lowest BCUT2D eigenvalue weighted by atomic mass is 10.0. The van der Waals surface area contributed by atoms with Crippen LogP contribution < -0.4 is 20.0 Å². The zero-order chi connectivity index (χ0) is 81.4. The second kappa shape index (κ2) is 86.4. The summed E-state index contributed by atoms with van der Waals surface area (Å²) in [4.78, 5) is 46.3. The molecule has 0 spiro atoms. The van der Waals surface area contributed by atoms with E-state index in [2.05, 4.69) is 31.0 Å². The Balaban J connectivity index is -0.00000157. The molecule has 21 nitrogen and oxygen atoms in total. The second-order valence-electron chi connectivity index (χ2n) is 31.9. The van der Waals surface area contributed by atoms with Gasteiger partial charge in [0.25, 0.3) is 23.5 Å². The summed E-state index contributed by atoms with van der Waals surface area (Å²) in [6.45, 7) is 23.0. The first-order valence-electron chi connectivity index (χ1n) is 45.9. The lowest BCUT2D eigenvalue weighted by Crippen LogP contribution is -2.45. The van der Waals surface area contributed by atoms with E-state index >= 15 is 0 Å². The standard InChI is InChI=1S/C31H65N2O5P.C28H61N2O5P.C27H59N2O5P.CH4/c1-4-6-7-8-9-10-11-12-13-14-15-16-17-18-19-23-27-36-29-31(33-24-21-20-22-25-33)30-38-39(34,35)37-28-26-32(3)5-2;1-6-8-9-10-11-12-13-14-15-16-17-18-19-20-21-22-24-33-26-28(29(3)4)27-35-36(31,32)34-25-23-30(5)7-2;1-5-7-8-9-10-11-12-13-14-15-16-17-18-19-20-21-23-32-25-27(28-3)26-34-35(30,31)33-24-22-29(4)6-2;/h31H,4-30H2,1-3H3,(H,34,35);28H,6-27H2,1-5H3,(H,31,32);27-28H,5-26H2,1-4H3,(H,30,31);1H4/p-3. The Hall–Kier alpha value is -0.0300. The van der Waals surface area contributed by atoms with Gasteiger partial charge in [-0.3, -0.25) is 18.6 Å². The van der Waals surface area contributed by atoms with Crippen LogP contribution in [0.25, 0.3) is 0 Å². The van der Waals surface area contributed by atoms with Crippen LogP contribution in [0.2, 0.25) is 0 Å². The van der Waals surface area contributed by atoms with Crippen LogP contribution in [0.5, 0.6) is 0 Å². The van der Waals surface area contributed by atoms with Crippen LogP contribution in [0.15, 0.2) is 0 Å². The Morgan fingerprint density at radius 2 is 0.568 bits per heavy atom. The van der Waals surface area contributed by atoms with Crippen LogP contribution in [-0.4, -0.2) is 217 Å². The highest BCUT2D eigenvalue weighted by atomic mass is 31.2. The molecule has 672 valence electrons. The molecule has 1 rings (SSSR count). The molecule has 1 N–H and O–H groups in total. The lowest BCUT2D eigenvalue weighted by Gasteiger charge is -2.35. The molecular formula is C87H186N6O15P3-3. The zero-order valence-corrected chi connectivity index (χ0v) is 76.8. The first-order chi connectivity index (χ1) is 53.2. The average molecular weight is 1650 g/mol. The molecule has 6 atom stereocenters. The molecule has 0 aromatic carbocycles. The van der Waals surface area contributed by atoms with Crippen molar-refractivity contribution in [2.24, 2.45) is 0 Å². The molecule has 1 saturated heterocycles. The average Bonchev–Trinajstić information content (AvgIpc) is 0.869. The molecule has 6 unspecified atom stereocenters. The Kier molecular flexibility index (Phi) is 89.6. The highest BCUT2D eigenvalue weighted by Crippen LogP contribution is 2.40. The van der Waals surface area contributed by atoms with Gasteiger partial charge in [0.1, 0.15) is 0 Å². The summed E-state index contributed by atoms with van der Waals surface area (Å²) in [6.07, 6.45) is 68.6. The number of phosphoric ester groups is 3. The van der Waals surface area contributed by atoms with E-state index in [9.17, 15) is 28.4 Å². The van der Waals surface area contributed by atoms with E-state index in [4.69, 9.17) is 41.4 Å². The number of ether oxygens (including phenoxy) is 3. The van der Waals surface area contributed by atoms with E-state index in [1.54, 1.807) is 7.05 Å². The molecule has 0 bridgehead atoms. The Labute approximate surface area is 688 Å². The third kappa shape index (κ3) is 84.8. The van der Waals surface area contributed by atoms with Crippen LogP contribution in [0.1, 0.15) is 376 Å². The predicted molar refractivity (Wildman–Crippen MR) is 465 cm³/mol. The van der Waals surface area contributed by atoms with E-state index < -0.39 is 23.5 Å². The molecule has 0 amide bonds. The molecule has 111 heavy (non-hydrogen) atoms. The molecular weight excluding hydrogens is 1460 g/mol. The van der Waals surface area contributed by atoms with Crippen molar-refractivity contribution >= 4 is 23.5 Å². The maximum atomic E-state index is 12.2. The molecule has 24 heteroatoms. The largest absolute Gasteiger partial charge is 0.756 e. The van der Waals surface area contributed by atoms with Gasteiger partial charge in [-0.15, -0.1) is 0 Å². The Morgan fingerprint density at radius 1 is 0.315 bits per heavy atom. The van der Waals surface area contributed by atoms with E-state index in [0.717, 1.165) is 71.4 Å². The number of nitrogens with zero attached hydrogens (tertiary/aromatic N) is 5. The minimum atomic E-state index is -4.30. The predicted octanol–water partition coefficient (Wildman–Crippen LogP) is 21.2. The van der Waals surface area contributed by atoms with Crippen LogP contribution in [-0.2, 0) is 55.0 Å². The minimum Gasteiger partial charge on any atom is -0.756 e. The first kappa shape index (κ1) is 115. The van der Waals surface area contributed by atoms with Gasteiger partial charge in [-0.2, -0.15) is 0 Å². The highest BCUT2D eigenvalue weighted by molar-refractivity contribution is 7.46. The first-order valence-corrected chi connectivity index (χ1v) is 50.3. The fourth-order valence-electron chi connectivity index (χ4n) is 13.1. The number of likely N-dealkylation sites (tertiary alicyclic amines) is 1. The summed E-state index contributed by atoms with van der Waals surface area (Å²) in [5.74, 6) is 0. The fourth-order valence-corrected chi connectivity index (χ4v) is 15.3. The molecule has 0 aromatic heterocycles. The van der Waals surface area contributed by atoms with Gasteiger partial charge in [-0.1, -0.05) is 344 Å². The second-order valence-corrected chi connectivity index (χ2v) is 36.1. The number of phosphoric acid groups is 3. The molecule has 1 heterocycles. The SMILES string of the molecule is C.CCCCCCCCCCCCCCCCCCOCC(COP(=O)([O-])OCCN(C)CC)N(C)C.CCCCCCCCCCCCCCCCCCOCC(COP(=O)([O-])OCCN(C)CC)N1CCCCC1.CCCCCCCCCCCCCCCCCCOCC(COP(=O)([O-])OCCN(C)CC)NC. The molecule has 1 fully saturated rings. The molecule has 1 aliphatic rings. The smallest absolute Gasteiger partial charge is 0.267 e. The van der Waals surface area contributed by atoms with Gasteiger partial charge in [0.05, 0.1) is 77.6 Å². The van der Waals surface area contributed by atoms with E-state index in [1.807, 2.05) is 75.6 Å².